The maximum absolute atomic E-state index is 12.7. The van der Waals surface area contributed by atoms with Gasteiger partial charge in [-0.1, -0.05) is 161 Å². The van der Waals surface area contributed by atoms with E-state index in [9.17, 15) is 19.5 Å². The molecule has 0 amide bonds. The summed E-state index contributed by atoms with van der Waals surface area (Å²) >= 11 is 0. The number of aliphatic carboxylic acids is 1. The highest BCUT2D eigenvalue weighted by molar-refractivity contribution is 5.72. The number of unbranched alkanes of at least 4 members (excludes halogenated alkanes) is 23. The minimum atomic E-state index is -0.874. The molecular weight excluding hydrogens is 654 g/mol. The van der Waals surface area contributed by atoms with Crippen LogP contribution in [0.1, 0.15) is 200 Å². The molecule has 0 aromatic rings. The largest absolute Gasteiger partial charge is 0.477 e. The van der Waals surface area contributed by atoms with Crippen LogP contribution in [0, 0.1) is 0 Å². The zero-order valence-corrected chi connectivity index (χ0v) is 34.8. The summed E-state index contributed by atoms with van der Waals surface area (Å²) in [5.41, 5.74) is 0. The van der Waals surface area contributed by atoms with Crippen LogP contribution in [-0.2, 0) is 28.6 Å². The summed E-state index contributed by atoms with van der Waals surface area (Å²) in [6.07, 6.45) is 36.8. The Balaban J connectivity index is 4.28. The third-order valence-corrected chi connectivity index (χ3v) is 9.91. The van der Waals surface area contributed by atoms with E-state index < -0.39 is 18.1 Å². The minimum Gasteiger partial charge on any atom is -0.477 e. The van der Waals surface area contributed by atoms with Gasteiger partial charge in [-0.2, -0.15) is 0 Å². The van der Waals surface area contributed by atoms with Gasteiger partial charge in [0.1, 0.15) is 6.61 Å². The summed E-state index contributed by atoms with van der Waals surface area (Å²) < 4.78 is 17.2. The number of hydrogen-bond acceptors (Lipinski definition) is 6. The van der Waals surface area contributed by atoms with Crippen LogP contribution in [0.15, 0.2) is 12.2 Å². The lowest BCUT2D eigenvalue weighted by Crippen LogP contribution is -2.50. The zero-order chi connectivity index (χ0) is 38.5. The average Bonchev–Trinajstić information content (AvgIpc) is 3.09. The first kappa shape index (κ1) is 50.1. The highest BCUT2D eigenvalue weighted by atomic mass is 16.6. The summed E-state index contributed by atoms with van der Waals surface area (Å²) in [6.45, 7) is 4.71. The van der Waals surface area contributed by atoms with Gasteiger partial charge in [0, 0.05) is 19.3 Å². The number of hydrogen-bond donors (Lipinski definition) is 1. The second-order valence-corrected chi connectivity index (χ2v) is 16.0. The number of carbonyl (C=O) groups excluding carboxylic acids is 2. The molecule has 0 spiro atoms. The highest BCUT2D eigenvalue weighted by Gasteiger charge is 2.31. The van der Waals surface area contributed by atoms with Gasteiger partial charge in [-0.15, -0.1) is 0 Å². The van der Waals surface area contributed by atoms with Gasteiger partial charge in [-0.25, -0.2) is 4.79 Å². The summed E-state index contributed by atoms with van der Waals surface area (Å²) in [5.74, 6) is -1.47. The lowest BCUT2D eigenvalue weighted by Gasteiger charge is -2.31. The van der Waals surface area contributed by atoms with Crippen molar-refractivity contribution in [1.82, 2.24) is 0 Å². The summed E-state index contributed by atoms with van der Waals surface area (Å²) in [6, 6.07) is -0.611. The van der Waals surface area contributed by atoms with Crippen molar-refractivity contribution in [2.24, 2.45) is 0 Å². The first-order valence-corrected chi connectivity index (χ1v) is 21.7. The van der Waals surface area contributed by atoms with Gasteiger partial charge < -0.3 is 23.8 Å². The quantitative estimate of drug-likeness (QED) is 0.0290. The van der Waals surface area contributed by atoms with Crippen LogP contribution in [0.4, 0.5) is 0 Å². The Kier molecular flexibility index (Phi) is 34.7. The van der Waals surface area contributed by atoms with E-state index >= 15 is 0 Å². The molecule has 0 aliphatic rings. The third-order valence-electron chi connectivity index (χ3n) is 9.91. The Hall–Kier alpha value is -1.93. The predicted molar refractivity (Wildman–Crippen MR) is 215 cm³/mol. The number of allylic oxidation sites excluding steroid dienone is 2. The van der Waals surface area contributed by atoms with Crippen molar-refractivity contribution in [3.63, 3.8) is 0 Å². The molecule has 2 unspecified atom stereocenters. The maximum atomic E-state index is 12.7. The van der Waals surface area contributed by atoms with Crippen molar-refractivity contribution in [2.45, 2.75) is 212 Å². The average molecular weight is 739 g/mol. The second kappa shape index (κ2) is 36.1. The van der Waals surface area contributed by atoms with E-state index in [2.05, 4.69) is 26.0 Å². The molecule has 8 heteroatoms. The Morgan fingerprint density at radius 3 is 1.44 bits per heavy atom. The van der Waals surface area contributed by atoms with E-state index in [1.807, 2.05) is 21.1 Å². The Morgan fingerprint density at radius 1 is 0.558 bits per heavy atom. The van der Waals surface area contributed by atoms with E-state index in [1.54, 1.807) is 0 Å². The molecule has 52 heavy (non-hydrogen) atoms. The lowest BCUT2D eigenvalue weighted by molar-refractivity contribution is -0.887. The van der Waals surface area contributed by atoms with Crippen LogP contribution in [0.2, 0.25) is 0 Å². The molecule has 0 radical (unpaired) electrons. The third kappa shape index (κ3) is 33.9. The fourth-order valence-electron chi connectivity index (χ4n) is 6.48. The van der Waals surface area contributed by atoms with Crippen LogP contribution in [0.5, 0.6) is 0 Å². The smallest absolute Gasteiger partial charge is 0.362 e. The Labute approximate surface area is 320 Å². The number of carboxylic acids is 1. The molecule has 0 aromatic carbocycles. The minimum absolute atomic E-state index is 0.0486. The van der Waals surface area contributed by atoms with E-state index in [1.165, 1.54) is 116 Å². The molecule has 0 aliphatic carbocycles. The molecular formula is C44H84NO7+. The van der Waals surface area contributed by atoms with Crippen molar-refractivity contribution in [2.75, 3.05) is 41.0 Å². The molecule has 0 aromatic heterocycles. The normalized spacial score (nSPS) is 13.0. The fraction of sp³-hybridized carbons (Fsp3) is 0.886. The number of quaternary nitrogens is 1. The maximum Gasteiger partial charge on any atom is 0.362 e. The van der Waals surface area contributed by atoms with E-state index in [4.69, 9.17) is 14.2 Å². The molecule has 0 saturated carbocycles. The summed E-state index contributed by atoms with van der Waals surface area (Å²) in [4.78, 5) is 36.9. The standard InChI is InChI=1S/C44H83NO7/c1-6-8-10-12-14-16-18-19-20-21-22-23-25-26-28-30-32-34-42(46)51-39-40(38-50-37-36-41(44(48)49)45(3,4)5)52-43(47)35-33-31-29-27-24-17-15-13-11-9-7-2/h13,15,40-41H,6-12,14,16-39H2,1-5H3/p+1/b15-13-. The Bertz CT molecular complexity index is 869. The molecule has 0 saturated heterocycles. The van der Waals surface area contributed by atoms with Crippen LogP contribution >= 0.6 is 0 Å². The van der Waals surface area contributed by atoms with Gasteiger partial charge in [0.05, 0.1) is 34.4 Å². The van der Waals surface area contributed by atoms with Gasteiger partial charge in [-0.05, 0) is 32.1 Å². The number of esters is 2. The first-order chi connectivity index (χ1) is 25.1. The number of rotatable bonds is 39. The van der Waals surface area contributed by atoms with Gasteiger partial charge in [0.2, 0.25) is 0 Å². The predicted octanol–water partition coefficient (Wildman–Crippen LogP) is 11.5. The van der Waals surface area contributed by atoms with Crippen LogP contribution in [-0.4, -0.2) is 80.6 Å². The van der Waals surface area contributed by atoms with Gasteiger partial charge >= 0.3 is 17.9 Å². The SMILES string of the molecule is CCCC/C=C\CCCCCCCC(=O)OC(COCCC(C(=O)O)[N+](C)(C)C)COC(=O)CCCCCCCCCCCCCCCCCCC. The van der Waals surface area contributed by atoms with Crippen molar-refractivity contribution >= 4 is 17.9 Å². The number of likely N-dealkylation sites (N-methyl/N-ethyl adjacent to an activating group) is 1. The number of carbonyl (C=O) groups is 3. The summed E-state index contributed by atoms with van der Waals surface area (Å²) in [5, 5.41) is 9.60. The van der Waals surface area contributed by atoms with Crippen LogP contribution in [0.3, 0.4) is 0 Å². The molecule has 0 aliphatic heterocycles. The number of carboxylic acid groups (broad SMARTS) is 1. The molecule has 306 valence electrons. The van der Waals surface area contributed by atoms with Crippen LogP contribution in [0.25, 0.3) is 0 Å². The Morgan fingerprint density at radius 2 is 0.981 bits per heavy atom. The van der Waals surface area contributed by atoms with E-state index in [0.29, 0.717) is 19.3 Å². The fourth-order valence-corrected chi connectivity index (χ4v) is 6.48. The lowest BCUT2D eigenvalue weighted by atomic mass is 10.0. The van der Waals surface area contributed by atoms with Gasteiger partial charge in [0.25, 0.3) is 0 Å². The molecule has 8 nitrogen and oxygen atoms in total. The van der Waals surface area contributed by atoms with E-state index in [-0.39, 0.29) is 36.2 Å². The number of nitrogens with zero attached hydrogens (tertiary/aromatic N) is 1. The van der Waals surface area contributed by atoms with Crippen LogP contribution < -0.4 is 0 Å². The van der Waals surface area contributed by atoms with Gasteiger partial charge in [0.15, 0.2) is 12.1 Å². The second-order valence-electron chi connectivity index (χ2n) is 16.0. The first-order valence-electron chi connectivity index (χ1n) is 21.7. The van der Waals surface area contributed by atoms with Crippen molar-refractivity contribution in [3.05, 3.63) is 12.2 Å². The van der Waals surface area contributed by atoms with Crippen molar-refractivity contribution in [3.8, 4) is 0 Å². The molecule has 2 atom stereocenters. The molecule has 0 fully saturated rings. The van der Waals surface area contributed by atoms with Crippen molar-refractivity contribution in [1.29, 1.82) is 0 Å². The zero-order valence-electron chi connectivity index (χ0n) is 34.8. The number of ether oxygens (including phenoxy) is 3. The van der Waals surface area contributed by atoms with Crippen molar-refractivity contribution < 1.29 is 38.2 Å². The van der Waals surface area contributed by atoms with E-state index in [0.717, 1.165) is 51.4 Å². The monoisotopic (exact) mass is 739 g/mol. The molecule has 0 heterocycles. The topological polar surface area (TPSA) is 99.1 Å². The van der Waals surface area contributed by atoms with Gasteiger partial charge in [-0.3, -0.25) is 9.59 Å². The molecule has 1 N–H and O–H groups in total. The molecule has 0 rings (SSSR count). The molecule has 0 bridgehead atoms. The summed E-state index contributed by atoms with van der Waals surface area (Å²) in [7, 11) is 5.53. The highest BCUT2D eigenvalue weighted by Crippen LogP contribution is 2.15.